The number of aryl methyl sites for hydroxylation is 1. The smallest absolute Gasteiger partial charge is 0.0763 e. The van der Waals surface area contributed by atoms with Crippen molar-refractivity contribution >= 4 is 27.5 Å². The van der Waals surface area contributed by atoms with Gasteiger partial charge in [-0.1, -0.05) is 30.7 Å². The quantitative estimate of drug-likeness (QED) is 0.889. The molecule has 0 fully saturated rings. The van der Waals surface area contributed by atoms with Crippen LogP contribution in [0.5, 0.6) is 0 Å². The molecule has 3 nitrogen and oxygen atoms in total. The van der Waals surface area contributed by atoms with E-state index in [4.69, 9.17) is 11.6 Å². The van der Waals surface area contributed by atoms with Crippen LogP contribution >= 0.6 is 27.5 Å². The first-order valence-electron chi connectivity index (χ1n) is 6.38. The second kappa shape index (κ2) is 6.55. The van der Waals surface area contributed by atoms with Crippen LogP contribution in [-0.2, 0) is 6.54 Å². The Morgan fingerprint density at radius 1 is 1.37 bits per heavy atom. The van der Waals surface area contributed by atoms with E-state index in [1.165, 1.54) is 0 Å². The predicted molar refractivity (Wildman–Crippen MR) is 82.6 cm³/mol. The highest BCUT2D eigenvalue weighted by molar-refractivity contribution is 9.10. The minimum atomic E-state index is 0.0532. The van der Waals surface area contributed by atoms with Crippen LogP contribution in [0.2, 0.25) is 5.02 Å². The summed E-state index contributed by atoms with van der Waals surface area (Å²) in [5, 5.41) is 8.56. The molecule has 1 aromatic heterocycles. The Morgan fingerprint density at radius 2 is 2.16 bits per heavy atom. The zero-order valence-corrected chi connectivity index (χ0v) is 13.4. The summed E-state index contributed by atoms with van der Waals surface area (Å²) in [7, 11) is 0. The molecule has 0 saturated carbocycles. The minimum absolute atomic E-state index is 0.0532. The van der Waals surface area contributed by atoms with Crippen LogP contribution < -0.4 is 5.32 Å². The third-order valence-corrected chi connectivity index (χ3v) is 4.36. The topological polar surface area (TPSA) is 29.9 Å². The fourth-order valence-electron chi connectivity index (χ4n) is 2.17. The van der Waals surface area contributed by atoms with Gasteiger partial charge >= 0.3 is 0 Å². The molecule has 0 bridgehead atoms. The summed E-state index contributed by atoms with van der Waals surface area (Å²) in [5.74, 6) is 0. The van der Waals surface area contributed by atoms with Crippen molar-refractivity contribution in [2.45, 2.75) is 26.4 Å². The summed E-state index contributed by atoms with van der Waals surface area (Å²) in [6.45, 7) is 5.88. The molecular weight excluding hydrogens is 326 g/mol. The molecule has 5 heteroatoms. The van der Waals surface area contributed by atoms with Crippen LogP contribution in [0.3, 0.4) is 0 Å². The molecule has 1 aromatic carbocycles. The average Bonchev–Trinajstić information content (AvgIpc) is 2.88. The molecule has 1 atom stereocenters. The van der Waals surface area contributed by atoms with E-state index in [-0.39, 0.29) is 6.04 Å². The maximum atomic E-state index is 6.42. The Morgan fingerprint density at radius 3 is 2.84 bits per heavy atom. The van der Waals surface area contributed by atoms with E-state index in [9.17, 15) is 0 Å². The molecule has 0 amide bonds. The fourth-order valence-corrected chi connectivity index (χ4v) is 2.79. The van der Waals surface area contributed by atoms with Crippen molar-refractivity contribution in [3.05, 3.63) is 51.2 Å². The Balaban J connectivity index is 2.48. The number of aromatic nitrogens is 2. The summed E-state index contributed by atoms with van der Waals surface area (Å²) in [4.78, 5) is 0. The lowest BCUT2D eigenvalue weighted by Gasteiger charge is -2.21. The second-order valence-electron chi connectivity index (χ2n) is 4.21. The lowest BCUT2D eigenvalue weighted by molar-refractivity contribution is 0.542. The van der Waals surface area contributed by atoms with E-state index in [0.29, 0.717) is 0 Å². The summed E-state index contributed by atoms with van der Waals surface area (Å²) in [6, 6.07) is 8.09. The molecule has 19 heavy (non-hydrogen) atoms. The number of hydrogen-bond acceptors (Lipinski definition) is 2. The molecule has 0 aliphatic rings. The van der Waals surface area contributed by atoms with Crippen molar-refractivity contribution in [2.24, 2.45) is 0 Å². The van der Waals surface area contributed by atoms with Crippen LogP contribution in [0.25, 0.3) is 0 Å². The zero-order valence-electron chi connectivity index (χ0n) is 11.0. The van der Waals surface area contributed by atoms with Crippen molar-refractivity contribution in [3.8, 4) is 0 Å². The molecule has 102 valence electrons. The summed E-state index contributed by atoms with van der Waals surface area (Å²) in [6.07, 6.45) is 1.83. The highest BCUT2D eigenvalue weighted by atomic mass is 79.9. The Bertz CT molecular complexity index is 553. The third kappa shape index (κ3) is 3.02. The lowest BCUT2D eigenvalue weighted by atomic mass is 10.0. The van der Waals surface area contributed by atoms with Crippen molar-refractivity contribution in [1.29, 1.82) is 0 Å². The van der Waals surface area contributed by atoms with Gasteiger partial charge in [-0.15, -0.1) is 0 Å². The number of hydrogen-bond donors (Lipinski definition) is 1. The molecule has 1 unspecified atom stereocenters. The van der Waals surface area contributed by atoms with Gasteiger partial charge < -0.3 is 5.32 Å². The van der Waals surface area contributed by atoms with Crippen molar-refractivity contribution < 1.29 is 0 Å². The van der Waals surface area contributed by atoms with Gasteiger partial charge in [0.2, 0.25) is 0 Å². The van der Waals surface area contributed by atoms with E-state index in [2.05, 4.69) is 40.2 Å². The summed E-state index contributed by atoms with van der Waals surface area (Å²) >= 11 is 9.90. The molecule has 1 N–H and O–H groups in total. The molecule has 0 aliphatic heterocycles. The highest BCUT2D eigenvalue weighted by Crippen LogP contribution is 2.33. The Hall–Kier alpha value is -0.840. The number of benzene rings is 1. The first kappa shape index (κ1) is 14.6. The maximum Gasteiger partial charge on any atom is 0.0763 e. The Labute approximate surface area is 127 Å². The van der Waals surface area contributed by atoms with Crippen molar-refractivity contribution in [1.82, 2.24) is 15.1 Å². The SMILES string of the molecule is CCNC(c1cccc(Br)c1Cl)c1ccnn1CC. The van der Waals surface area contributed by atoms with Crippen LogP contribution in [0.1, 0.15) is 31.1 Å². The van der Waals surface area contributed by atoms with E-state index in [1.54, 1.807) is 0 Å². The second-order valence-corrected chi connectivity index (χ2v) is 5.44. The standard InChI is InChI=1S/C14H17BrClN3/c1-3-17-14(12-8-9-18-19(12)4-2)10-6-5-7-11(15)13(10)16/h5-9,14,17H,3-4H2,1-2H3. The van der Waals surface area contributed by atoms with Gasteiger partial charge in [-0.25, -0.2) is 0 Å². The van der Waals surface area contributed by atoms with E-state index in [0.717, 1.165) is 33.8 Å². The molecule has 0 aliphatic carbocycles. The number of nitrogens with zero attached hydrogens (tertiary/aromatic N) is 2. The average molecular weight is 343 g/mol. The molecule has 0 saturated heterocycles. The van der Waals surface area contributed by atoms with Gasteiger partial charge in [-0.2, -0.15) is 5.10 Å². The predicted octanol–water partition coefficient (Wildman–Crippen LogP) is 4.02. The minimum Gasteiger partial charge on any atom is -0.305 e. The van der Waals surface area contributed by atoms with Gasteiger partial charge in [0.15, 0.2) is 0 Å². The van der Waals surface area contributed by atoms with Gasteiger partial charge in [0.25, 0.3) is 0 Å². The number of nitrogens with one attached hydrogen (secondary N) is 1. The van der Waals surface area contributed by atoms with Gasteiger partial charge in [0.1, 0.15) is 0 Å². The van der Waals surface area contributed by atoms with Gasteiger partial charge in [0, 0.05) is 17.2 Å². The maximum absolute atomic E-state index is 6.42. The normalized spacial score (nSPS) is 12.6. The summed E-state index contributed by atoms with van der Waals surface area (Å²) < 4.78 is 2.90. The van der Waals surface area contributed by atoms with Crippen LogP contribution in [0, 0.1) is 0 Å². The van der Waals surface area contributed by atoms with Crippen molar-refractivity contribution in [2.75, 3.05) is 6.54 Å². The van der Waals surface area contributed by atoms with Gasteiger partial charge in [0.05, 0.1) is 16.8 Å². The number of rotatable bonds is 5. The fraction of sp³-hybridized carbons (Fsp3) is 0.357. The van der Waals surface area contributed by atoms with Gasteiger partial charge in [-0.3, -0.25) is 4.68 Å². The van der Waals surface area contributed by atoms with E-state index >= 15 is 0 Å². The first-order chi connectivity index (χ1) is 9.19. The zero-order chi connectivity index (χ0) is 13.8. The molecule has 0 spiro atoms. The molecule has 1 heterocycles. The largest absolute Gasteiger partial charge is 0.305 e. The molecular formula is C14H17BrClN3. The number of halogens is 2. The monoisotopic (exact) mass is 341 g/mol. The van der Waals surface area contributed by atoms with Crippen molar-refractivity contribution in [3.63, 3.8) is 0 Å². The van der Waals surface area contributed by atoms with Crippen LogP contribution in [-0.4, -0.2) is 16.3 Å². The van der Waals surface area contributed by atoms with Crippen LogP contribution in [0.4, 0.5) is 0 Å². The van der Waals surface area contributed by atoms with E-state index < -0.39 is 0 Å². The molecule has 2 aromatic rings. The third-order valence-electron chi connectivity index (χ3n) is 3.05. The molecule has 2 rings (SSSR count). The molecule has 0 radical (unpaired) electrons. The van der Waals surface area contributed by atoms with E-state index in [1.807, 2.05) is 35.1 Å². The lowest BCUT2D eigenvalue weighted by Crippen LogP contribution is -2.25. The first-order valence-corrected chi connectivity index (χ1v) is 7.55. The van der Waals surface area contributed by atoms with Gasteiger partial charge in [-0.05, 0) is 47.1 Å². The van der Waals surface area contributed by atoms with Crippen LogP contribution in [0.15, 0.2) is 34.9 Å². The Kier molecular flexibility index (Phi) is 5.02. The highest BCUT2D eigenvalue weighted by Gasteiger charge is 2.20. The summed E-state index contributed by atoms with van der Waals surface area (Å²) in [5.41, 5.74) is 2.19.